The van der Waals surface area contributed by atoms with Gasteiger partial charge >= 0.3 is 0 Å². The second-order valence-electron chi connectivity index (χ2n) is 5.62. The molecule has 0 fully saturated rings. The van der Waals surface area contributed by atoms with Crippen LogP contribution in [0.3, 0.4) is 0 Å². The highest BCUT2D eigenvalue weighted by Crippen LogP contribution is 2.26. The Morgan fingerprint density at radius 3 is 2.42 bits per heavy atom. The molecule has 0 bridgehead atoms. The fourth-order valence-corrected chi connectivity index (χ4v) is 3.34. The number of aromatic nitrogens is 4. The van der Waals surface area contributed by atoms with Crippen LogP contribution < -0.4 is 5.32 Å². The molecule has 6 nitrogen and oxygen atoms in total. The molecule has 0 saturated carbocycles. The molecule has 0 spiro atoms. The van der Waals surface area contributed by atoms with Gasteiger partial charge in [-0.25, -0.2) is 4.68 Å². The Hall–Kier alpha value is -3.32. The van der Waals surface area contributed by atoms with Crippen LogP contribution in [0.5, 0.6) is 0 Å². The molecule has 1 N–H and O–H groups in total. The Morgan fingerprint density at radius 2 is 1.69 bits per heavy atom. The quantitative estimate of drug-likeness (QED) is 0.597. The van der Waals surface area contributed by atoms with Gasteiger partial charge in [0.1, 0.15) is 5.01 Å². The first kappa shape index (κ1) is 16.2. The molecule has 2 aromatic heterocycles. The standard InChI is InChI=1S/C19H15N5OS/c1-13-16(12-20-24(13)15-10-6-3-7-11-15)17(25)21-19-23-22-18(26-19)14-8-4-2-5-9-14/h2-12H,1H3,(H,21,23,25). The van der Waals surface area contributed by atoms with Crippen LogP contribution in [0.25, 0.3) is 16.3 Å². The van der Waals surface area contributed by atoms with Crippen molar-refractivity contribution in [1.82, 2.24) is 20.0 Å². The fraction of sp³-hybridized carbons (Fsp3) is 0.0526. The van der Waals surface area contributed by atoms with Crippen LogP contribution in [-0.4, -0.2) is 25.9 Å². The van der Waals surface area contributed by atoms with E-state index in [1.807, 2.05) is 67.6 Å². The fourth-order valence-electron chi connectivity index (χ4n) is 2.60. The van der Waals surface area contributed by atoms with Gasteiger partial charge in [0.2, 0.25) is 5.13 Å². The van der Waals surface area contributed by atoms with Crippen molar-refractivity contribution >= 4 is 22.4 Å². The van der Waals surface area contributed by atoms with E-state index in [9.17, 15) is 4.79 Å². The van der Waals surface area contributed by atoms with E-state index in [0.717, 1.165) is 22.0 Å². The highest BCUT2D eigenvalue weighted by molar-refractivity contribution is 7.18. The molecule has 26 heavy (non-hydrogen) atoms. The van der Waals surface area contributed by atoms with Gasteiger partial charge in [-0.05, 0) is 19.1 Å². The summed E-state index contributed by atoms with van der Waals surface area (Å²) >= 11 is 1.34. The summed E-state index contributed by atoms with van der Waals surface area (Å²) in [5.41, 5.74) is 3.15. The van der Waals surface area contributed by atoms with Crippen molar-refractivity contribution < 1.29 is 4.79 Å². The lowest BCUT2D eigenvalue weighted by molar-refractivity contribution is 0.102. The second-order valence-corrected chi connectivity index (χ2v) is 6.60. The number of para-hydroxylation sites is 1. The molecule has 1 amide bonds. The monoisotopic (exact) mass is 361 g/mol. The van der Waals surface area contributed by atoms with Crippen molar-refractivity contribution in [2.75, 3.05) is 5.32 Å². The molecular weight excluding hydrogens is 346 g/mol. The predicted molar refractivity (Wildman–Crippen MR) is 102 cm³/mol. The number of carbonyl (C=O) groups excluding carboxylic acids is 1. The molecule has 0 aliphatic rings. The summed E-state index contributed by atoms with van der Waals surface area (Å²) < 4.78 is 1.74. The normalized spacial score (nSPS) is 10.7. The van der Waals surface area contributed by atoms with Gasteiger partial charge in [0.05, 0.1) is 23.1 Å². The Balaban J connectivity index is 1.55. The van der Waals surface area contributed by atoms with Gasteiger partial charge in [-0.15, -0.1) is 10.2 Å². The Labute approximate surface area is 154 Å². The van der Waals surface area contributed by atoms with Crippen molar-refractivity contribution in [3.8, 4) is 16.3 Å². The molecule has 0 aliphatic heterocycles. The Morgan fingerprint density at radius 1 is 1.00 bits per heavy atom. The minimum absolute atomic E-state index is 0.250. The summed E-state index contributed by atoms with van der Waals surface area (Å²) in [7, 11) is 0. The van der Waals surface area contributed by atoms with Crippen molar-refractivity contribution in [2.24, 2.45) is 0 Å². The molecule has 0 unspecified atom stereocenters. The SMILES string of the molecule is Cc1c(C(=O)Nc2nnc(-c3ccccc3)s2)cnn1-c1ccccc1. The van der Waals surface area contributed by atoms with Crippen LogP contribution in [0.1, 0.15) is 16.1 Å². The summed E-state index contributed by atoms with van der Waals surface area (Å²) in [6, 6.07) is 19.4. The first-order valence-corrected chi connectivity index (χ1v) is 8.84. The van der Waals surface area contributed by atoms with E-state index < -0.39 is 0 Å². The maximum atomic E-state index is 12.6. The number of nitrogens with zero attached hydrogens (tertiary/aromatic N) is 4. The van der Waals surface area contributed by atoms with Crippen molar-refractivity contribution in [3.05, 3.63) is 78.1 Å². The average molecular weight is 361 g/mol. The number of nitrogens with one attached hydrogen (secondary N) is 1. The first-order chi connectivity index (χ1) is 12.7. The third-order valence-electron chi connectivity index (χ3n) is 3.92. The van der Waals surface area contributed by atoms with Gasteiger partial charge in [-0.2, -0.15) is 5.10 Å². The summed E-state index contributed by atoms with van der Waals surface area (Å²) in [5.74, 6) is -0.250. The van der Waals surface area contributed by atoms with Crippen molar-refractivity contribution in [3.63, 3.8) is 0 Å². The van der Waals surface area contributed by atoms with Crippen LogP contribution in [-0.2, 0) is 0 Å². The number of amides is 1. The minimum atomic E-state index is -0.250. The van der Waals surface area contributed by atoms with E-state index in [0.29, 0.717) is 10.7 Å². The van der Waals surface area contributed by atoms with Gasteiger partial charge in [-0.3, -0.25) is 10.1 Å². The largest absolute Gasteiger partial charge is 0.296 e. The zero-order valence-electron chi connectivity index (χ0n) is 14.0. The van der Waals surface area contributed by atoms with Gasteiger partial charge in [-0.1, -0.05) is 59.9 Å². The highest BCUT2D eigenvalue weighted by Gasteiger charge is 2.17. The molecule has 0 radical (unpaired) electrons. The highest BCUT2D eigenvalue weighted by atomic mass is 32.1. The zero-order valence-corrected chi connectivity index (χ0v) is 14.8. The van der Waals surface area contributed by atoms with Crippen LogP contribution in [0.15, 0.2) is 66.9 Å². The number of hydrogen-bond acceptors (Lipinski definition) is 5. The smallest absolute Gasteiger partial charge is 0.260 e. The van der Waals surface area contributed by atoms with Crippen LogP contribution in [0.2, 0.25) is 0 Å². The maximum absolute atomic E-state index is 12.6. The van der Waals surface area contributed by atoms with Gasteiger partial charge < -0.3 is 0 Å². The van der Waals surface area contributed by atoms with Crippen LogP contribution in [0.4, 0.5) is 5.13 Å². The summed E-state index contributed by atoms with van der Waals surface area (Å²) in [6.07, 6.45) is 1.57. The lowest BCUT2D eigenvalue weighted by atomic mass is 10.2. The Kier molecular flexibility index (Phi) is 4.28. The molecule has 0 atom stereocenters. The third kappa shape index (κ3) is 3.12. The molecular formula is C19H15N5OS. The molecule has 128 valence electrons. The lowest BCUT2D eigenvalue weighted by Gasteiger charge is -2.05. The molecule has 2 aromatic carbocycles. The van der Waals surface area contributed by atoms with E-state index >= 15 is 0 Å². The van der Waals surface area contributed by atoms with E-state index in [1.165, 1.54) is 11.3 Å². The van der Waals surface area contributed by atoms with Crippen LogP contribution >= 0.6 is 11.3 Å². The summed E-state index contributed by atoms with van der Waals surface area (Å²) in [4.78, 5) is 12.6. The number of rotatable bonds is 4. The molecule has 4 rings (SSSR count). The molecule has 0 saturated heterocycles. The topological polar surface area (TPSA) is 72.7 Å². The van der Waals surface area contributed by atoms with Crippen LogP contribution in [0, 0.1) is 6.92 Å². The summed E-state index contributed by atoms with van der Waals surface area (Å²) in [6.45, 7) is 1.87. The lowest BCUT2D eigenvalue weighted by Crippen LogP contribution is -2.13. The van der Waals surface area contributed by atoms with E-state index in [1.54, 1.807) is 10.9 Å². The van der Waals surface area contributed by atoms with Gasteiger partial charge in [0.15, 0.2) is 0 Å². The summed E-state index contributed by atoms with van der Waals surface area (Å²) in [5, 5.41) is 16.6. The van der Waals surface area contributed by atoms with Crippen molar-refractivity contribution in [1.29, 1.82) is 0 Å². The van der Waals surface area contributed by atoms with E-state index in [2.05, 4.69) is 20.6 Å². The number of carbonyl (C=O) groups is 1. The predicted octanol–water partition coefficient (Wildman–Crippen LogP) is 3.95. The minimum Gasteiger partial charge on any atom is -0.296 e. The molecule has 4 aromatic rings. The van der Waals surface area contributed by atoms with E-state index in [-0.39, 0.29) is 5.91 Å². The number of anilines is 1. The molecule has 0 aliphatic carbocycles. The average Bonchev–Trinajstić information content (AvgIpc) is 3.30. The molecule has 2 heterocycles. The zero-order chi connectivity index (χ0) is 17.9. The first-order valence-electron chi connectivity index (χ1n) is 8.03. The Bertz CT molecular complexity index is 1040. The number of hydrogen-bond donors (Lipinski definition) is 1. The maximum Gasteiger partial charge on any atom is 0.260 e. The van der Waals surface area contributed by atoms with Crippen molar-refractivity contribution in [2.45, 2.75) is 6.92 Å². The number of benzene rings is 2. The van der Waals surface area contributed by atoms with Gasteiger partial charge in [0.25, 0.3) is 5.91 Å². The third-order valence-corrected chi connectivity index (χ3v) is 4.81. The van der Waals surface area contributed by atoms with Gasteiger partial charge in [0, 0.05) is 5.56 Å². The second kappa shape index (κ2) is 6.89. The van der Waals surface area contributed by atoms with E-state index in [4.69, 9.17) is 0 Å². The molecule has 7 heteroatoms.